The Morgan fingerprint density at radius 1 is 1.11 bits per heavy atom. The number of rotatable bonds is 6. The lowest BCUT2D eigenvalue weighted by Gasteiger charge is -2.04. The summed E-state index contributed by atoms with van der Waals surface area (Å²) in [6, 6.07) is 20.1. The second-order valence-corrected chi connectivity index (χ2v) is 6.88. The molecule has 0 aliphatic rings. The van der Waals surface area contributed by atoms with E-state index in [2.05, 4.69) is 10.5 Å². The number of hydrogen-bond donors (Lipinski definition) is 1. The summed E-state index contributed by atoms with van der Waals surface area (Å²) in [7, 11) is 0. The van der Waals surface area contributed by atoms with E-state index >= 15 is 0 Å². The van der Waals surface area contributed by atoms with Gasteiger partial charge in [-0.3, -0.25) is 5.43 Å². The number of hydrazone groups is 1. The molecule has 0 aliphatic heterocycles. The lowest BCUT2D eigenvalue weighted by atomic mass is 10.2. The van der Waals surface area contributed by atoms with Crippen LogP contribution in [0.2, 0.25) is 0 Å². The molecule has 2 heterocycles. The van der Waals surface area contributed by atoms with Crippen molar-refractivity contribution in [3.05, 3.63) is 89.4 Å². The zero-order chi connectivity index (χ0) is 19.3. The summed E-state index contributed by atoms with van der Waals surface area (Å²) in [6.45, 7) is 0. The van der Waals surface area contributed by atoms with Crippen molar-refractivity contribution in [2.45, 2.75) is 0 Å². The quantitative estimate of drug-likeness (QED) is 0.406. The van der Waals surface area contributed by atoms with E-state index in [9.17, 15) is 9.90 Å². The molecule has 0 radical (unpaired) electrons. The molecular weight excluding hydrogens is 372 g/mol. The van der Waals surface area contributed by atoms with Gasteiger partial charge in [0.05, 0.1) is 28.4 Å². The molecule has 138 valence electrons. The van der Waals surface area contributed by atoms with Crippen LogP contribution in [0, 0.1) is 0 Å². The molecule has 0 atom stereocenters. The fourth-order valence-corrected chi connectivity index (χ4v) is 3.42. The van der Waals surface area contributed by atoms with Gasteiger partial charge in [0.25, 0.3) is 0 Å². The smallest absolute Gasteiger partial charge is 0.112 e. The number of benzene rings is 2. The monoisotopic (exact) mass is 387 g/mol. The molecule has 7 heteroatoms. The second-order valence-electron chi connectivity index (χ2n) is 5.93. The normalized spacial score (nSPS) is 11.0. The lowest BCUT2D eigenvalue weighted by molar-refractivity contribution is -0.255. The van der Waals surface area contributed by atoms with E-state index in [1.807, 2.05) is 58.7 Å². The number of carbonyl (C=O) groups is 1. The number of nitrogens with one attached hydrogen (secondary N) is 1. The summed E-state index contributed by atoms with van der Waals surface area (Å²) in [6.07, 6.45) is 3.58. The van der Waals surface area contributed by atoms with Gasteiger partial charge in [-0.2, -0.15) is 10.2 Å². The summed E-state index contributed by atoms with van der Waals surface area (Å²) >= 11 is 1.60. The first kappa shape index (κ1) is 17.7. The van der Waals surface area contributed by atoms with Crippen LogP contribution >= 0.6 is 11.3 Å². The molecule has 0 bridgehead atoms. The van der Waals surface area contributed by atoms with E-state index in [1.54, 1.807) is 29.7 Å². The number of hydrogen-bond acceptors (Lipinski definition) is 6. The van der Waals surface area contributed by atoms with E-state index < -0.39 is 5.97 Å². The average Bonchev–Trinajstić information content (AvgIpc) is 3.39. The van der Waals surface area contributed by atoms with E-state index in [0.717, 1.165) is 21.8 Å². The number of anilines is 1. The van der Waals surface area contributed by atoms with Crippen molar-refractivity contribution in [2.75, 3.05) is 5.43 Å². The largest absolute Gasteiger partial charge is 0.545 e. The van der Waals surface area contributed by atoms with E-state index in [1.165, 1.54) is 12.1 Å². The van der Waals surface area contributed by atoms with Crippen LogP contribution in [-0.2, 0) is 0 Å². The molecule has 6 nitrogen and oxygen atoms in total. The maximum absolute atomic E-state index is 11.0. The molecule has 0 aliphatic carbocycles. The van der Waals surface area contributed by atoms with Crippen molar-refractivity contribution in [1.29, 1.82) is 0 Å². The maximum Gasteiger partial charge on any atom is 0.112 e. The van der Waals surface area contributed by atoms with Crippen molar-refractivity contribution >= 4 is 29.2 Å². The fourth-order valence-electron chi connectivity index (χ4n) is 2.69. The highest BCUT2D eigenvalue weighted by Crippen LogP contribution is 2.27. The van der Waals surface area contributed by atoms with Crippen LogP contribution < -0.4 is 10.5 Å². The molecule has 4 rings (SSSR count). The minimum atomic E-state index is -1.23. The number of nitrogens with zero attached hydrogens (tertiary/aromatic N) is 3. The first-order valence-electron chi connectivity index (χ1n) is 8.50. The second kappa shape index (κ2) is 7.89. The van der Waals surface area contributed by atoms with Crippen LogP contribution in [0.3, 0.4) is 0 Å². The van der Waals surface area contributed by atoms with Crippen LogP contribution in [0.15, 0.2) is 83.4 Å². The minimum absolute atomic E-state index is 0.0939. The minimum Gasteiger partial charge on any atom is -0.545 e. The zero-order valence-corrected chi connectivity index (χ0v) is 15.5. The Bertz CT molecular complexity index is 1120. The topological polar surface area (TPSA) is 82.3 Å². The van der Waals surface area contributed by atoms with E-state index in [4.69, 9.17) is 5.10 Å². The summed E-state index contributed by atoms with van der Waals surface area (Å²) in [4.78, 5) is 12.0. The fraction of sp³-hybridized carbons (Fsp3) is 0. The van der Waals surface area contributed by atoms with Gasteiger partial charge in [0.2, 0.25) is 0 Å². The van der Waals surface area contributed by atoms with Crippen LogP contribution in [0.4, 0.5) is 5.69 Å². The number of aromatic nitrogens is 2. The van der Waals surface area contributed by atoms with Crippen molar-refractivity contribution in [1.82, 2.24) is 9.78 Å². The van der Waals surface area contributed by atoms with Gasteiger partial charge in [-0.05, 0) is 41.3 Å². The Hall–Kier alpha value is -3.71. The van der Waals surface area contributed by atoms with Gasteiger partial charge >= 0.3 is 0 Å². The number of carboxylic acids is 1. The molecule has 0 amide bonds. The highest BCUT2D eigenvalue weighted by atomic mass is 32.1. The molecule has 0 spiro atoms. The van der Waals surface area contributed by atoms with Crippen LogP contribution in [0.25, 0.3) is 16.3 Å². The number of carbonyl (C=O) groups excluding carboxylic acids is 1. The Labute approximate surface area is 165 Å². The summed E-state index contributed by atoms with van der Waals surface area (Å²) in [5.74, 6) is -1.23. The molecule has 0 unspecified atom stereocenters. The predicted molar refractivity (Wildman–Crippen MR) is 109 cm³/mol. The van der Waals surface area contributed by atoms with Gasteiger partial charge in [-0.1, -0.05) is 36.4 Å². The first-order chi connectivity index (χ1) is 13.7. The summed E-state index contributed by atoms with van der Waals surface area (Å²) < 4.78 is 1.81. The molecule has 0 saturated heterocycles. The van der Waals surface area contributed by atoms with Crippen LogP contribution in [-0.4, -0.2) is 22.0 Å². The van der Waals surface area contributed by atoms with Gasteiger partial charge < -0.3 is 9.90 Å². The SMILES string of the molecule is O=C([O-])c1cccc(N/N=C\c2cn(-c3ccccc3)nc2-c2cccs2)c1. The summed E-state index contributed by atoms with van der Waals surface area (Å²) in [5.41, 5.74) is 6.13. The maximum atomic E-state index is 11.0. The molecule has 1 N–H and O–H groups in total. The summed E-state index contributed by atoms with van der Waals surface area (Å²) in [5, 5.41) is 21.9. The van der Waals surface area contributed by atoms with Gasteiger partial charge in [0.1, 0.15) is 5.69 Å². The van der Waals surface area contributed by atoms with Crippen molar-refractivity contribution in [3.63, 3.8) is 0 Å². The number of carboxylic acid groups (broad SMARTS) is 1. The van der Waals surface area contributed by atoms with E-state index in [-0.39, 0.29) is 5.56 Å². The number of aromatic carboxylic acids is 1. The Kier molecular flexibility index (Phi) is 4.99. The van der Waals surface area contributed by atoms with Crippen LogP contribution in [0.1, 0.15) is 15.9 Å². The van der Waals surface area contributed by atoms with Gasteiger partial charge in [0, 0.05) is 11.8 Å². The molecule has 0 saturated carbocycles. The Morgan fingerprint density at radius 3 is 2.71 bits per heavy atom. The molecule has 4 aromatic rings. The lowest BCUT2D eigenvalue weighted by Crippen LogP contribution is -2.22. The first-order valence-corrected chi connectivity index (χ1v) is 9.38. The third kappa shape index (κ3) is 3.84. The van der Waals surface area contributed by atoms with E-state index in [0.29, 0.717) is 5.69 Å². The highest BCUT2D eigenvalue weighted by molar-refractivity contribution is 7.13. The molecule has 0 fully saturated rings. The molecule has 2 aromatic heterocycles. The third-order valence-corrected chi connectivity index (χ3v) is 4.89. The zero-order valence-electron chi connectivity index (χ0n) is 14.6. The van der Waals surface area contributed by atoms with Crippen molar-refractivity contribution in [3.8, 4) is 16.3 Å². The van der Waals surface area contributed by atoms with Crippen molar-refractivity contribution in [2.24, 2.45) is 5.10 Å². The molecule has 2 aromatic carbocycles. The molecule has 28 heavy (non-hydrogen) atoms. The van der Waals surface area contributed by atoms with Gasteiger partial charge in [-0.25, -0.2) is 4.68 Å². The Balaban J connectivity index is 1.63. The van der Waals surface area contributed by atoms with Crippen LogP contribution in [0.5, 0.6) is 0 Å². The number of para-hydroxylation sites is 1. The standard InChI is InChI=1S/C21H16N4O2S/c26-21(27)15-6-4-7-17(12-15)23-22-13-16-14-25(18-8-2-1-3-9-18)24-20(16)19-10-5-11-28-19/h1-14,23H,(H,26,27)/p-1/b22-13-. The predicted octanol–water partition coefficient (Wildman–Crippen LogP) is 3.41. The number of thiophene rings is 1. The molecular formula is C21H15N4O2S-. The third-order valence-electron chi connectivity index (χ3n) is 4.01. The highest BCUT2D eigenvalue weighted by Gasteiger charge is 2.11. The van der Waals surface area contributed by atoms with Crippen molar-refractivity contribution < 1.29 is 9.90 Å². The Morgan fingerprint density at radius 2 is 1.96 bits per heavy atom. The van der Waals surface area contributed by atoms with Gasteiger partial charge in [-0.15, -0.1) is 11.3 Å². The average molecular weight is 387 g/mol. The van der Waals surface area contributed by atoms with Gasteiger partial charge in [0.15, 0.2) is 0 Å².